The lowest BCUT2D eigenvalue weighted by Crippen LogP contribution is -2.64. The zero-order chi connectivity index (χ0) is 22.4. The second kappa shape index (κ2) is 7.21. The van der Waals surface area contributed by atoms with Crippen molar-refractivity contribution in [1.29, 1.82) is 0 Å². The molecule has 0 spiro atoms. The summed E-state index contributed by atoms with van der Waals surface area (Å²) in [6, 6.07) is 9.35. The molecule has 1 atom stereocenters. The number of halogens is 6. The van der Waals surface area contributed by atoms with Gasteiger partial charge in [0.1, 0.15) is 11.9 Å². The number of aliphatic hydroxyl groups is 2. The van der Waals surface area contributed by atoms with Gasteiger partial charge in [0.25, 0.3) is 5.60 Å². The molecule has 2 N–H and O–H groups in total. The molecular formula is C20H20F6O3. The van der Waals surface area contributed by atoms with Crippen LogP contribution in [0.5, 0.6) is 0 Å². The van der Waals surface area contributed by atoms with E-state index in [2.05, 4.69) is 6.58 Å². The minimum Gasteiger partial charge on any atom is -0.508 e. The number of aliphatic hydroxyl groups excluding tert-OH is 1. The topological polar surface area (TPSA) is 49.7 Å². The summed E-state index contributed by atoms with van der Waals surface area (Å²) in [6.45, 7) is 6.55. The van der Waals surface area contributed by atoms with Crippen molar-refractivity contribution in [2.24, 2.45) is 0 Å². The van der Waals surface area contributed by atoms with E-state index >= 15 is 0 Å². The van der Waals surface area contributed by atoms with Gasteiger partial charge in [0, 0.05) is 5.56 Å². The molecule has 0 saturated heterocycles. The normalized spacial score (nSPS) is 14.8. The zero-order valence-corrected chi connectivity index (χ0v) is 15.8. The SMILES string of the molecule is C=C(O)c1ccc2c(C(C)(C)OC(C)C(O)(C(F)(F)F)C(F)(F)F)cccc2c1. The van der Waals surface area contributed by atoms with Gasteiger partial charge in [-0.1, -0.05) is 36.9 Å². The van der Waals surface area contributed by atoms with E-state index in [1.807, 2.05) is 0 Å². The molecule has 0 amide bonds. The summed E-state index contributed by atoms with van der Waals surface area (Å²) < 4.78 is 83.9. The lowest BCUT2D eigenvalue weighted by Gasteiger charge is -2.40. The van der Waals surface area contributed by atoms with Gasteiger partial charge in [0.05, 0.1) is 5.60 Å². The summed E-state index contributed by atoms with van der Waals surface area (Å²) in [6.07, 6.45) is -14.6. The number of ether oxygens (including phenoxy) is 1. The van der Waals surface area contributed by atoms with Crippen LogP contribution in [-0.2, 0) is 10.3 Å². The fourth-order valence-corrected chi connectivity index (χ4v) is 3.20. The maximum atomic E-state index is 13.1. The van der Waals surface area contributed by atoms with Crippen LogP contribution in [0.25, 0.3) is 16.5 Å². The molecule has 2 rings (SSSR count). The first-order valence-electron chi connectivity index (χ1n) is 8.47. The molecular weight excluding hydrogens is 402 g/mol. The van der Waals surface area contributed by atoms with Crippen LogP contribution in [0.2, 0.25) is 0 Å². The Bertz CT molecular complexity index is 901. The van der Waals surface area contributed by atoms with Gasteiger partial charge in [0.15, 0.2) is 0 Å². The van der Waals surface area contributed by atoms with Crippen LogP contribution in [0.3, 0.4) is 0 Å². The highest BCUT2D eigenvalue weighted by atomic mass is 19.4. The second-order valence-corrected chi connectivity index (χ2v) is 7.22. The van der Waals surface area contributed by atoms with Gasteiger partial charge < -0.3 is 14.9 Å². The number of benzene rings is 2. The Morgan fingerprint density at radius 2 is 1.55 bits per heavy atom. The van der Waals surface area contributed by atoms with Crippen LogP contribution in [0.15, 0.2) is 43.0 Å². The molecule has 29 heavy (non-hydrogen) atoms. The molecule has 1 unspecified atom stereocenters. The standard InChI is InChI=1S/C20H20F6O3/c1-11(27)13-8-9-15-14(10-13)6-5-7-16(15)17(3,4)29-12(2)18(28,19(21,22)23)20(24,25)26/h5-10,12,27-28H,1H2,2-4H3. The Balaban J connectivity index is 2.51. The molecule has 2 aromatic rings. The monoisotopic (exact) mass is 422 g/mol. The van der Waals surface area contributed by atoms with Crippen molar-refractivity contribution in [3.05, 3.63) is 54.1 Å². The van der Waals surface area contributed by atoms with Gasteiger partial charge in [-0.05, 0) is 43.2 Å². The molecule has 160 valence electrons. The first kappa shape index (κ1) is 23.0. The van der Waals surface area contributed by atoms with Crippen molar-refractivity contribution >= 4 is 16.5 Å². The second-order valence-electron chi connectivity index (χ2n) is 7.22. The molecule has 9 heteroatoms. The summed E-state index contributed by atoms with van der Waals surface area (Å²) >= 11 is 0. The van der Waals surface area contributed by atoms with Crippen LogP contribution >= 0.6 is 0 Å². The van der Waals surface area contributed by atoms with Crippen molar-refractivity contribution in [3.8, 4) is 0 Å². The molecule has 3 nitrogen and oxygen atoms in total. The Morgan fingerprint density at radius 1 is 1.00 bits per heavy atom. The van der Waals surface area contributed by atoms with Gasteiger partial charge in [-0.2, -0.15) is 26.3 Å². The maximum Gasteiger partial charge on any atom is 0.428 e. The van der Waals surface area contributed by atoms with Crippen molar-refractivity contribution in [2.75, 3.05) is 0 Å². The van der Waals surface area contributed by atoms with Crippen LogP contribution in [-0.4, -0.2) is 34.3 Å². The first-order valence-corrected chi connectivity index (χ1v) is 8.47. The van der Waals surface area contributed by atoms with E-state index in [0.29, 0.717) is 28.8 Å². The summed E-state index contributed by atoms with van der Waals surface area (Å²) in [5, 5.41) is 20.1. The Morgan fingerprint density at radius 3 is 2.03 bits per heavy atom. The van der Waals surface area contributed by atoms with Crippen LogP contribution in [0, 0.1) is 0 Å². The average Bonchev–Trinajstić information content (AvgIpc) is 2.57. The van der Waals surface area contributed by atoms with Crippen molar-refractivity contribution < 1.29 is 41.3 Å². The molecule has 0 heterocycles. The number of hydrogen-bond donors (Lipinski definition) is 2. The number of fused-ring (bicyclic) bond motifs is 1. The highest BCUT2D eigenvalue weighted by Gasteiger charge is 2.74. The average molecular weight is 422 g/mol. The number of alkyl halides is 6. The predicted octanol–water partition coefficient (Wildman–Crippen LogP) is 5.86. The number of hydrogen-bond acceptors (Lipinski definition) is 3. The van der Waals surface area contributed by atoms with E-state index in [0.717, 1.165) is 0 Å². The van der Waals surface area contributed by atoms with Crippen molar-refractivity contribution in [2.45, 2.75) is 50.4 Å². The Labute approximate surface area is 163 Å². The van der Waals surface area contributed by atoms with Crippen molar-refractivity contribution in [3.63, 3.8) is 0 Å². The molecule has 0 aliphatic rings. The highest BCUT2D eigenvalue weighted by Crippen LogP contribution is 2.48. The molecule has 0 radical (unpaired) electrons. The van der Waals surface area contributed by atoms with E-state index in [1.165, 1.54) is 26.0 Å². The minimum absolute atomic E-state index is 0.193. The predicted molar refractivity (Wildman–Crippen MR) is 96.2 cm³/mol. The summed E-state index contributed by atoms with van der Waals surface area (Å²) in [7, 11) is 0. The van der Waals surface area contributed by atoms with Gasteiger partial charge in [0.2, 0.25) is 0 Å². The van der Waals surface area contributed by atoms with Gasteiger partial charge >= 0.3 is 12.4 Å². The fraction of sp³-hybridized carbons (Fsp3) is 0.400. The summed E-state index contributed by atoms with van der Waals surface area (Å²) in [5.41, 5.74) is -5.95. The van der Waals surface area contributed by atoms with E-state index in [9.17, 15) is 36.6 Å². The molecule has 0 saturated carbocycles. The summed E-state index contributed by atoms with van der Waals surface area (Å²) in [5.74, 6) is -0.193. The molecule has 2 aromatic carbocycles. The Kier molecular flexibility index (Phi) is 5.73. The van der Waals surface area contributed by atoms with Crippen LogP contribution in [0.1, 0.15) is 31.9 Å². The van der Waals surface area contributed by atoms with E-state index < -0.39 is 29.7 Å². The lowest BCUT2D eigenvalue weighted by molar-refractivity contribution is -0.398. The molecule has 0 aromatic heterocycles. The molecule has 0 fully saturated rings. The first-order chi connectivity index (χ1) is 13.0. The molecule has 0 aliphatic heterocycles. The van der Waals surface area contributed by atoms with E-state index in [-0.39, 0.29) is 5.76 Å². The van der Waals surface area contributed by atoms with E-state index in [4.69, 9.17) is 4.74 Å². The fourth-order valence-electron chi connectivity index (χ4n) is 3.20. The highest BCUT2D eigenvalue weighted by molar-refractivity contribution is 5.88. The smallest absolute Gasteiger partial charge is 0.428 e. The zero-order valence-electron chi connectivity index (χ0n) is 15.8. The third-order valence-electron chi connectivity index (χ3n) is 4.79. The molecule has 0 bridgehead atoms. The number of rotatable bonds is 5. The van der Waals surface area contributed by atoms with Crippen molar-refractivity contribution in [1.82, 2.24) is 0 Å². The van der Waals surface area contributed by atoms with Gasteiger partial charge in [-0.3, -0.25) is 0 Å². The third-order valence-corrected chi connectivity index (χ3v) is 4.79. The van der Waals surface area contributed by atoms with Gasteiger partial charge in [-0.15, -0.1) is 0 Å². The maximum absolute atomic E-state index is 13.1. The quantitative estimate of drug-likeness (QED) is 0.469. The minimum atomic E-state index is -5.99. The summed E-state index contributed by atoms with van der Waals surface area (Å²) in [4.78, 5) is 0. The van der Waals surface area contributed by atoms with Crippen LogP contribution < -0.4 is 0 Å². The molecule has 0 aliphatic carbocycles. The van der Waals surface area contributed by atoms with E-state index in [1.54, 1.807) is 24.3 Å². The lowest BCUT2D eigenvalue weighted by atomic mass is 9.89. The third kappa shape index (κ3) is 4.06. The Hall–Kier alpha value is -2.26. The largest absolute Gasteiger partial charge is 0.508 e. The van der Waals surface area contributed by atoms with Crippen LogP contribution in [0.4, 0.5) is 26.3 Å². The van der Waals surface area contributed by atoms with Gasteiger partial charge in [-0.25, -0.2) is 0 Å².